The summed E-state index contributed by atoms with van der Waals surface area (Å²) in [6.45, 7) is 0. The number of amides is 1. The van der Waals surface area contributed by atoms with Crippen molar-refractivity contribution in [2.75, 3.05) is 5.32 Å². The first-order valence-electron chi connectivity index (χ1n) is 4.31. The molecule has 1 aliphatic carbocycles. The van der Waals surface area contributed by atoms with E-state index in [1.807, 2.05) is 0 Å². The molecule has 1 aromatic heterocycles. The molecule has 1 amide bonds. The number of carbonyl (C=O) groups excluding carboxylic acids is 1. The highest BCUT2D eigenvalue weighted by molar-refractivity contribution is 5.93. The first kappa shape index (κ1) is 8.80. The van der Waals surface area contributed by atoms with Crippen molar-refractivity contribution in [1.29, 1.82) is 0 Å². The second-order valence-electron chi connectivity index (χ2n) is 3.23. The summed E-state index contributed by atoms with van der Waals surface area (Å²) in [7, 11) is 0. The van der Waals surface area contributed by atoms with Crippen LogP contribution in [0.2, 0.25) is 0 Å². The number of furan rings is 1. The van der Waals surface area contributed by atoms with Crippen molar-refractivity contribution in [2.24, 2.45) is 5.92 Å². The maximum absolute atomic E-state index is 11.2. The van der Waals surface area contributed by atoms with Crippen molar-refractivity contribution < 1.29 is 19.1 Å². The summed E-state index contributed by atoms with van der Waals surface area (Å²) in [6.07, 6.45) is 1.80. The molecule has 1 aliphatic rings. The molecule has 0 saturated heterocycles. The van der Waals surface area contributed by atoms with Crippen LogP contribution in [-0.4, -0.2) is 17.0 Å². The van der Waals surface area contributed by atoms with Crippen LogP contribution in [0.3, 0.4) is 0 Å². The Morgan fingerprint density at radius 2 is 2.14 bits per heavy atom. The third-order valence-corrected chi connectivity index (χ3v) is 2.01. The lowest BCUT2D eigenvalue weighted by atomic mass is 10.4. The van der Waals surface area contributed by atoms with Crippen LogP contribution in [0.4, 0.5) is 5.88 Å². The van der Waals surface area contributed by atoms with E-state index in [9.17, 15) is 9.59 Å². The number of hydrogen-bond acceptors (Lipinski definition) is 3. The van der Waals surface area contributed by atoms with E-state index in [4.69, 9.17) is 9.52 Å². The van der Waals surface area contributed by atoms with E-state index in [1.165, 1.54) is 12.1 Å². The molecular formula is C9H9NO4. The minimum Gasteiger partial charge on any atom is -0.475 e. The number of carboxylic acids is 1. The zero-order valence-corrected chi connectivity index (χ0v) is 7.32. The lowest BCUT2D eigenvalue weighted by molar-refractivity contribution is -0.117. The summed E-state index contributed by atoms with van der Waals surface area (Å²) in [5.41, 5.74) is 0. The summed E-state index contributed by atoms with van der Waals surface area (Å²) in [5.74, 6) is -1.14. The lowest BCUT2D eigenvalue weighted by Gasteiger charge is -1.97. The van der Waals surface area contributed by atoms with Crippen LogP contribution in [-0.2, 0) is 4.79 Å². The Morgan fingerprint density at radius 1 is 1.43 bits per heavy atom. The summed E-state index contributed by atoms with van der Waals surface area (Å²) >= 11 is 0. The van der Waals surface area contributed by atoms with Gasteiger partial charge >= 0.3 is 5.97 Å². The molecule has 0 aliphatic heterocycles. The highest BCUT2D eigenvalue weighted by Gasteiger charge is 2.30. The smallest absolute Gasteiger partial charge is 0.371 e. The van der Waals surface area contributed by atoms with Gasteiger partial charge in [-0.15, -0.1) is 0 Å². The number of rotatable bonds is 3. The van der Waals surface area contributed by atoms with Gasteiger partial charge in [-0.25, -0.2) is 4.79 Å². The van der Waals surface area contributed by atoms with E-state index in [0.29, 0.717) is 0 Å². The summed E-state index contributed by atoms with van der Waals surface area (Å²) in [5, 5.41) is 11.1. The van der Waals surface area contributed by atoms with Crippen molar-refractivity contribution >= 4 is 17.8 Å². The van der Waals surface area contributed by atoms with Gasteiger partial charge in [-0.05, 0) is 18.9 Å². The van der Waals surface area contributed by atoms with Gasteiger partial charge in [0.25, 0.3) is 0 Å². The molecule has 5 nitrogen and oxygen atoms in total. The number of anilines is 1. The average Bonchev–Trinajstić information content (AvgIpc) is 2.87. The fraction of sp³-hybridized carbons (Fsp3) is 0.333. The Kier molecular flexibility index (Phi) is 1.99. The maximum Gasteiger partial charge on any atom is 0.371 e. The van der Waals surface area contributed by atoms with E-state index in [-0.39, 0.29) is 23.5 Å². The molecule has 5 heteroatoms. The number of aromatic carboxylic acids is 1. The topological polar surface area (TPSA) is 79.5 Å². The van der Waals surface area contributed by atoms with Crippen molar-refractivity contribution in [3.05, 3.63) is 17.9 Å². The Balaban J connectivity index is 2.02. The van der Waals surface area contributed by atoms with Crippen LogP contribution in [0.5, 0.6) is 0 Å². The van der Waals surface area contributed by atoms with Gasteiger partial charge in [0.15, 0.2) is 0 Å². The molecule has 1 saturated carbocycles. The minimum atomic E-state index is -1.14. The average molecular weight is 195 g/mol. The number of hydrogen-bond donors (Lipinski definition) is 2. The zero-order chi connectivity index (χ0) is 10.1. The molecule has 2 N–H and O–H groups in total. The van der Waals surface area contributed by atoms with Crippen LogP contribution < -0.4 is 5.32 Å². The van der Waals surface area contributed by atoms with E-state index >= 15 is 0 Å². The number of nitrogens with one attached hydrogen (secondary N) is 1. The molecule has 0 unspecified atom stereocenters. The monoisotopic (exact) mass is 195 g/mol. The van der Waals surface area contributed by atoms with Gasteiger partial charge in [-0.2, -0.15) is 0 Å². The number of carbonyl (C=O) groups is 2. The zero-order valence-electron chi connectivity index (χ0n) is 7.32. The van der Waals surface area contributed by atoms with Crippen LogP contribution >= 0.6 is 0 Å². The van der Waals surface area contributed by atoms with Gasteiger partial charge in [0.2, 0.25) is 17.6 Å². The molecule has 14 heavy (non-hydrogen) atoms. The molecule has 74 valence electrons. The molecule has 2 rings (SSSR count). The quantitative estimate of drug-likeness (QED) is 0.762. The second kappa shape index (κ2) is 3.17. The normalized spacial score (nSPS) is 15.1. The summed E-state index contributed by atoms with van der Waals surface area (Å²) < 4.78 is 4.86. The van der Waals surface area contributed by atoms with Crippen molar-refractivity contribution in [3.8, 4) is 0 Å². The lowest BCUT2D eigenvalue weighted by Crippen LogP contribution is -2.12. The van der Waals surface area contributed by atoms with E-state index in [0.717, 1.165) is 12.8 Å². The summed E-state index contributed by atoms with van der Waals surface area (Å²) in [4.78, 5) is 21.7. The Morgan fingerprint density at radius 3 is 2.64 bits per heavy atom. The van der Waals surface area contributed by atoms with Crippen molar-refractivity contribution in [1.82, 2.24) is 0 Å². The SMILES string of the molecule is O=C(O)c1ccc(NC(=O)C2CC2)o1. The Labute approximate surface area is 79.7 Å². The van der Waals surface area contributed by atoms with E-state index in [1.54, 1.807) is 0 Å². The fourth-order valence-electron chi connectivity index (χ4n) is 1.09. The third kappa shape index (κ3) is 1.76. The van der Waals surface area contributed by atoms with E-state index < -0.39 is 5.97 Å². The maximum atomic E-state index is 11.2. The fourth-order valence-corrected chi connectivity index (χ4v) is 1.09. The number of carboxylic acid groups (broad SMARTS) is 1. The molecule has 1 fully saturated rings. The molecule has 1 heterocycles. The van der Waals surface area contributed by atoms with Crippen LogP contribution in [0, 0.1) is 5.92 Å². The van der Waals surface area contributed by atoms with Gasteiger partial charge in [0.1, 0.15) is 0 Å². The van der Waals surface area contributed by atoms with Gasteiger partial charge in [0.05, 0.1) is 0 Å². The predicted octanol–water partition coefficient (Wildman–Crippen LogP) is 1.33. The largest absolute Gasteiger partial charge is 0.475 e. The molecule has 1 aromatic rings. The molecule has 0 atom stereocenters. The van der Waals surface area contributed by atoms with Crippen molar-refractivity contribution in [2.45, 2.75) is 12.8 Å². The standard InChI is InChI=1S/C9H9NO4/c11-8(5-1-2-5)10-7-4-3-6(14-7)9(12)13/h3-5H,1-2H2,(H,10,11)(H,12,13). The van der Waals surface area contributed by atoms with Crippen LogP contribution in [0.1, 0.15) is 23.4 Å². The van der Waals surface area contributed by atoms with Gasteiger partial charge in [0, 0.05) is 12.0 Å². The predicted molar refractivity (Wildman–Crippen MR) is 47.0 cm³/mol. The first-order valence-corrected chi connectivity index (χ1v) is 4.31. The van der Waals surface area contributed by atoms with E-state index in [2.05, 4.69) is 5.32 Å². The minimum absolute atomic E-state index is 0.0772. The van der Waals surface area contributed by atoms with Crippen molar-refractivity contribution in [3.63, 3.8) is 0 Å². The van der Waals surface area contributed by atoms with Gasteiger partial charge < -0.3 is 9.52 Å². The highest BCUT2D eigenvalue weighted by atomic mass is 16.4. The van der Waals surface area contributed by atoms with Crippen LogP contribution in [0.15, 0.2) is 16.5 Å². The molecule has 0 aromatic carbocycles. The first-order chi connectivity index (χ1) is 6.66. The molecule has 0 bridgehead atoms. The Bertz CT molecular complexity index is 378. The summed E-state index contributed by atoms with van der Waals surface area (Å²) in [6, 6.07) is 2.74. The molecular weight excluding hydrogens is 186 g/mol. The second-order valence-corrected chi connectivity index (χ2v) is 3.23. The van der Waals surface area contributed by atoms with Crippen LogP contribution in [0.25, 0.3) is 0 Å². The Hall–Kier alpha value is -1.78. The molecule has 0 radical (unpaired) electrons. The van der Waals surface area contributed by atoms with Gasteiger partial charge in [-0.3, -0.25) is 10.1 Å². The van der Waals surface area contributed by atoms with Gasteiger partial charge in [-0.1, -0.05) is 0 Å². The molecule has 0 spiro atoms. The third-order valence-electron chi connectivity index (χ3n) is 2.01. The highest BCUT2D eigenvalue weighted by Crippen LogP contribution is 2.30.